The van der Waals surface area contributed by atoms with Gasteiger partial charge in [0.25, 0.3) is 0 Å². The van der Waals surface area contributed by atoms with Crippen molar-refractivity contribution in [2.75, 3.05) is 58.9 Å². The zero-order valence-corrected chi connectivity index (χ0v) is 15.1. The fourth-order valence-electron chi connectivity index (χ4n) is 3.20. The molecule has 2 heterocycles. The van der Waals surface area contributed by atoms with Gasteiger partial charge in [-0.1, -0.05) is 13.8 Å². The van der Waals surface area contributed by atoms with Crippen LogP contribution < -0.4 is 16.0 Å². The number of piperazine rings is 1. The molecule has 0 spiro atoms. The summed E-state index contributed by atoms with van der Waals surface area (Å²) < 4.78 is 0. The van der Waals surface area contributed by atoms with Crippen LogP contribution in [0.5, 0.6) is 0 Å². The number of likely N-dealkylation sites (tertiary alicyclic amines) is 1. The van der Waals surface area contributed by atoms with Gasteiger partial charge >= 0.3 is 6.03 Å². The number of hydrogen-bond acceptors (Lipinski definition) is 4. The standard InChI is InChI=1S/C17H33N5O2/c1-14(2)12-20-17(24)22-8-3-4-15(13-22)16(23)19-7-11-21-9-5-18-6-10-21/h14-15,18H,3-13H2,1-2H3,(H,19,23)(H,20,24). The van der Waals surface area contributed by atoms with Crippen molar-refractivity contribution in [3.05, 3.63) is 0 Å². The summed E-state index contributed by atoms with van der Waals surface area (Å²) in [6, 6.07) is -0.0398. The van der Waals surface area contributed by atoms with E-state index >= 15 is 0 Å². The van der Waals surface area contributed by atoms with Crippen LogP contribution in [0.25, 0.3) is 0 Å². The second-order valence-corrected chi connectivity index (χ2v) is 7.25. The second kappa shape index (κ2) is 9.84. The van der Waals surface area contributed by atoms with Crippen LogP contribution in [0, 0.1) is 11.8 Å². The molecule has 3 amide bonds. The van der Waals surface area contributed by atoms with Crippen LogP contribution in [0.4, 0.5) is 4.79 Å². The zero-order valence-electron chi connectivity index (χ0n) is 15.1. The van der Waals surface area contributed by atoms with Gasteiger partial charge in [-0.05, 0) is 18.8 Å². The highest BCUT2D eigenvalue weighted by Gasteiger charge is 2.28. The van der Waals surface area contributed by atoms with Gasteiger partial charge in [0.1, 0.15) is 0 Å². The number of nitrogens with one attached hydrogen (secondary N) is 3. The van der Waals surface area contributed by atoms with Crippen molar-refractivity contribution in [1.82, 2.24) is 25.8 Å². The van der Waals surface area contributed by atoms with Crippen molar-refractivity contribution in [3.63, 3.8) is 0 Å². The Morgan fingerprint density at radius 2 is 1.92 bits per heavy atom. The Hall–Kier alpha value is -1.34. The number of piperidine rings is 1. The van der Waals surface area contributed by atoms with Crippen LogP contribution in [0.3, 0.4) is 0 Å². The lowest BCUT2D eigenvalue weighted by atomic mass is 9.97. The maximum atomic E-state index is 12.4. The van der Waals surface area contributed by atoms with E-state index in [-0.39, 0.29) is 17.9 Å². The fraction of sp³-hybridized carbons (Fsp3) is 0.882. The fourth-order valence-corrected chi connectivity index (χ4v) is 3.20. The largest absolute Gasteiger partial charge is 0.355 e. The van der Waals surface area contributed by atoms with Crippen LogP contribution in [-0.2, 0) is 4.79 Å². The molecule has 0 bridgehead atoms. The van der Waals surface area contributed by atoms with Gasteiger partial charge in [-0.25, -0.2) is 4.79 Å². The summed E-state index contributed by atoms with van der Waals surface area (Å²) in [6.45, 7) is 11.8. The van der Waals surface area contributed by atoms with Gasteiger partial charge in [-0.15, -0.1) is 0 Å². The molecule has 24 heavy (non-hydrogen) atoms. The normalized spacial score (nSPS) is 22.5. The van der Waals surface area contributed by atoms with E-state index in [4.69, 9.17) is 0 Å². The molecule has 0 saturated carbocycles. The Morgan fingerprint density at radius 1 is 1.17 bits per heavy atom. The van der Waals surface area contributed by atoms with Crippen LogP contribution in [0.15, 0.2) is 0 Å². The molecule has 7 heteroatoms. The average molecular weight is 339 g/mol. The Balaban J connectivity index is 1.68. The quantitative estimate of drug-likeness (QED) is 0.641. The molecular weight excluding hydrogens is 306 g/mol. The predicted molar refractivity (Wildman–Crippen MR) is 94.9 cm³/mol. The zero-order chi connectivity index (χ0) is 17.4. The van der Waals surface area contributed by atoms with Gasteiger partial charge in [0.05, 0.1) is 5.92 Å². The van der Waals surface area contributed by atoms with Gasteiger partial charge in [0.2, 0.25) is 5.91 Å². The topological polar surface area (TPSA) is 76.7 Å². The summed E-state index contributed by atoms with van der Waals surface area (Å²) in [7, 11) is 0. The van der Waals surface area contributed by atoms with Crippen molar-refractivity contribution in [2.45, 2.75) is 26.7 Å². The van der Waals surface area contributed by atoms with Gasteiger partial charge in [0.15, 0.2) is 0 Å². The minimum atomic E-state index is -0.0772. The molecule has 2 saturated heterocycles. The van der Waals surface area contributed by atoms with Crippen molar-refractivity contribution >= 4 is 11.9 Å². The van der Waals surface area contributed by atoms with E-state index in [1.807, 2.05) is 0 Å². The molecule has 0 aromatic carbocycles. The Labute approximate surface area is 145 Å². The molecular formula is C17H33N5O2. The van der Waals surface area contributed by atoms with Gasteiger partial charge < -0.3 is 20.9 Å². The van der Waals surface area contributed by atoms with E-state index in [0.29, 0.717) is 25.6 Å². The van der Waals surface area contributed by atoms with E-state index < -0.39 is 0 Å². The first-order valence-corrected chi connectivity index (χ1v) is 9.30. The molecule has 0 aromatic heterocycles. The summed E-state index contributed by atoms with van der Waals surface area (Å²) in [5, 5.41) is 9.32. The molecule has 0 aromatic rings. The first-order valence-electron chi connectivity index (χ1n) is 9.30. The van der Waals surface area contributed by atoms with Crippen LogP contribution in [-0.4, -0.2) is 80.6 Å². The van der Waals surface area contributed by atoms with Gasteiger partial charge in [-0.2, -0.15) is 0 Å². The molecule has 0 aliphatic carbocycles. The van der Waals surface area contributed by atoms with E-state index in [0.717, 1.165) is 52.1 Å². The number of urea groups is 1. The highest BCUT2D eigenvalue weighted by Crippen LogP contribution is 2.16. The average Bonchev–Trinajstić information content (AvgIpc) is 2.60. The third-order valence-corrected chi connectivity index (χ3v) is 4.68. The smallest absolute Gasteiger partial charge is 0.317 e. The third-order valence-electron chi connectivity index (χ3n) is 4.68. The van der Waals surface area contributed by atoms with E-state index in [1.54, 1.807) is 4.90 Å². The summed E-state index contributed by atoms with van der Waals surface area (Å²) in [5.74, 6) is 0.445. The van der Waals surface area contributed by atoms with Crippen LogP contribution in [0.2, 0.25) is 0 Å². The Kier molecular flexibility index (Phi) is 7.78. The molecule has 1 unspecified atom stereocenters. The van der Waals surface area contributed by atoms with Crippen molar-refractivity contribution in [2.24, 2.45) is 11.8 Å². The highest BCUT2D eigenvalue weighted by molar-refractivity contribution is 5.80. The lowest BCUT2D eigenvalue weighted by Gasteiger charge is -2.32. The number of amides is 3. The number of carbonyl (C=O) groups is 2. The maximum absolute atomic E-state index is 12.4. The first kappa shape index (κ1) is 19.0. The van der Waals surface area contributed by atoms with E-state index in [2.05, 4.69) is 34.7 Å². The molecule has 2 fully saturated rings. The number of carbonyl (C=O) groups excluding carboxylic acids is 2. The third kappa shape index (κ3) is 6.28. The molecule has 138 valence electrons. The predicted octanol–water partition coefficient (Wildman–Crippen LogP) is 0.0854. The second-order valence-electron chi connectivity index (χ2n) is 7.25. The SMILES string of the molecule is CC(C)CNC(=O)N1CCCC(C(=O)NCCN2CCNCC2)C1. The lowest BCUT2D eigenvalue weighted by Crippen LogP contribution is -2.50. The minimum Gasteiger partial charge on any atom is -0.355 e. The van der Waals surface area contributed by atoms with Crippen LogP contribution >= 0.6 is 0 Å². The molecule has 2 aliphatic rings. The minimum absolute atomic E-state index is 0.0398. The number of hydrogen-bond donors (Lipinski definition) is 3. The van der Waals surface area contributed by atoms with Crippen molar-refractivity contribution in [3.8, 4) is 0 Å². The van der Waals surface area contributed by atoms with Gasteiger partial charge in [0, 0.05) is 58.9 Å². The summed E-state index contributed by atoms with van der Waals surface area (Å²) in [4.78, 5) is 28.7. The molecule has 2 rings (SSSR count). The summed E-state index contributed by atoms with van der Waals surface area (Å²) in [6.07, 6.45) is 1.76. The highest BCUT2D eigenvalue weighted by atomic mass is 16.2. The van der Waals surface area contributed by atoms with Crippen molar-refractivity contribution < 1.29 is 9.59 Å². The number of nitrogens with zero attached hydrogens (tertiary/aromatic N) is 2. The van der Waals surface area contributed by atoms with E-state index in [1.165, 1.54) is 0 Å². The Morgan fingerprint density at radius 3 is 2.62 bits per heavy atom. The summed E-state index contributed by atoms with van der Waals surface area (Å²) in [5.41, 5.74) is 0. The monoisotopic (exact) mass is 339 g/mol. The molecule has 1 atom stereocenters. The molecule has 3 N–H and O–H groups in total. The van der Waals surface area contributed by atoms with Crippen LogP contribution in [0.1, 0.15) is 26.7 Å². The van der Waals surface area contributed by atoms with E-state index in [9.17, 15) is 9.59 Å². The molecule has 7 nitrogen and oxygen atoms in total. The van der Waals surface area contributed by atoms with Gasteiger partial charge in [-0.3, -0.25) is 9.69 Å². The maximum Gasteiger partial charge on any atom is 0.317 e. The lowest BCUT2D eigenvalue weighted by molar-refractivity contribution is -0.126. The Bertz CT molecular complexity index is 410. The molecule has 0 radical (unpaired) electrons. The van der Waals surface area contributed by atoms with Crippen molar-refractivity contribution in [1.29, 1.82) is 0 Å². The molecule has 2 aliphatic heterocycles. The first-order chi connectivity index (χ1) is 11.6. The summed E-state index contributed by atoms with van der Waals surface area (Å²) >= 11 is 0. The number of rotatable bonds is 6.